The summed E-state index contributed by atoms with van der Waals surface area (Å²) in [6.45, 7) is 0. The van der Waals surface area contributed by atoms with Crippen molar-refractivity contribution in [1.29, 1.82) is 0 Å². The van der Waals surface area contributed by atoms with E-state index in [4.69, 9.17) is 0 Å². The third-order valence-corrected chi connectivity index (χ3v) is 3.05. The maximum Gasteiger partial charge on any atom is 0.273 e. The smallest absolute Gasteiger partial charge is 0.273 e. The third-order valence-electron chi connectivity index (χ3n) is 3.05. The number of nitro benzene ring substituents is 1. The molecule has 0 saturated heterocycles. The summed E-state index contributed by atoms with van der Waals surface area (Å²) in [5.41, 5.74) is 1.16. The highest BCUT2D eigenvalue weighted by Crippen LogP contribution is 2.20. The molecule has 2 aromatic rings. The molecule has 2 rings (SSSR count). The standard InChI is InChI=1S/C15H14N2O3/c1-16(13-8-3-2-4-9-13)15(18)11-12-7-5-6-10-14(12)17(19)20/h2-10H,11H2,1H3. The van der Waals surface area contributed by atoms with Gasteiger partial charge in [-0.3, -0.25) is 14.9 Å². The van der Waals surface area contributed by atoms with Gasteiger partial charge >= 0.3 is 0 Å². The van der Waals surface area contributed by atoms with Gasteiger partial charge in [-0.25, -0.2) is 0 Å². The molecule has 0 aliphatic rings. The molecule has 0 N–H and O–H groups in total. The van der Waals surface area contributed by atoms with Gasteiger partial charge in [-0.2, -0.15) is 0 Å². The number of para-hydroxylation sites is 2. The van der Waals surface area contributed by atoms with Crippen molar-refractivity contribution < 1.29 is 9.72 Å². The Morgan fingerprint density at radius 3 is 2.35 bits per heavy atom. The van der Waals surface area contributed by atoms with E-state index in [1.54, 1.807) is 25.2 Å². The SMILES string of the molecule is CN(C(=O)Cc1ccccc1[N+](=O)[O-])c1ccccc1. The van der Waals surface area contributed by atoms with E-state index < -0.39 is 4.92 Å². The second-order valence-corrected chi connectivity index (χ2v) is 4.35. The summed E-state index contributed by atoms with van der Waals surface area (Å²) in [5, 5.41) is 10.9. The van der Waals surface area contributed by atoms with Gasteiger partial charge in [0.1, 0.15) is 0 Å². The van der Waals surface area contributed by atoms with Crippen LogP contribution in [0.15, 0.2) is 54.6 Å². The molecule has 1 amide bonds. The largest absolute Gasteiger partial charge is 0.315 e. The quantitative estimate of drug-likeness (QED) is 0.634. The molecule has 20 heavy (non-hydrogen) atoms. The molecule has 5 nitrogen and oxygen atoms in total. The number of benzene rings is 2. The number of carbonyl (C=O) groups is 1. The molecule has 0 unspecified atom stereocenters. The zero-order valence-corrected chi connectivity index (χ0v) is 11.0. The summed E-state index contributed by atoms with van der Waals surface area (Å²) in [4.78, 5) is 24.1. The van der Waals surface area contributed by atoms with E-state index in [1.807, 2.05) is 30.3 Å². The summed E-state index contributed by atoms with van der Waals surface area (Å²) in [6, 6.07) is 15.5. The predicted molar refractivity (Wildman–Crippen MR) is 76.7 cm³/mol. The van der Waals surface area contributed by atoms with Crippen LogP contribution in [-0.2, 0) is 11.2 Å². The van der Waals surface area contributed by atoms with Crippen LogP contribution in [0, 0.1) is 10.1 Å². The van der Waals surface area contributed by atoms with E-state index in [0.717, 1.165) is 5.69 Å². The minimum absolute atomic E-state index is 0.00253. The second-order valence-electron chi connectivity index (χ2n) is 4.35. The van der Waals surface area contributed by atoms with Gasteiger partial charge in [-0.1, -0.05) is 36.4 Å². The summed E-state index contributed by atoms with van der Waals surface area (Å²) in [7, 11) is 1.66. The Labute approximate surface area is 116 Å². The zero-order chi connectivity index (χ0) is 14.5. The van der Waals surface area contributed by atoms with Gasteiger partial charge in [-0.15, -0.1) is 0 Å². The first kappa shape index (κ1) is 13.7. The highest BCUT2D eigenvalue weighted by molar-refractivity contribution is 5.94. The summed E-state index contributed by atoms with van der Waals surface area (Å²) < 4.78 is 0. The molecule has 0 aliphatic carbocycles. The Bertz CT molecular complexity index is 626. The first-order valence-electron chi connectivity index (χ1n) is 6.13. The van der Waals surface area contributed by atoms with Crippen molar-refractivity contribution in [2.75, 3.05) is 11.9 Å². The molecule has 0 aliphatic heterocycles. The number of hydrogen-bond acceptors (Lipinski definition) is 3. The van der Waals surface area contributed by atoms with Crippen molar-refractivity contribution in [2.24, 2.45) is 0 Å². The maximum atomic E-state index is 12.2. The van der Waals surface area contributed by atoms with E-state index in [1.165, 1.54) is 11.0 Å². The van der Waals surface area contributed by atoms with Gasteiger partial charge in [0.2, 0.25) is 5.91 Å². The topological polar surface area (TPSA) is 63.5 Å². The Morgan fingerprint density at radius 1 is 1.10 bits per heavy atom. The molecular formula is C15H14N2O3. The van der Waals surface area contributed by atoms with Gasteiger partial charge in [0.05, 0.1) is 11.3 Å². The normalized spacial score (nSPS) is 10.1. The number of anilines is 1. The Morgan fingerprint density at radius 2 is 1.70 bits per heavy atom. The number of likely N-dealkylation sites (N-methyl/N-ethyl adjacent to an activating group) is 1. The van der Waals surface area contributed by atoms with Crippen molar-refractivity contribution in [1.82, 2.24) is 0 Å². The number of carbonyl (C=O) groups excluding carboxylic acids is 1. The minimum Gasteiger partial charge on any atom is -0.315 e. The number of nitrogens with zero attached hydrogens (tertiary/aromatic N) is 2. The molecule has 0 saturated carbocycles. The van der Waals surface area contributed by atoms with Gasteiger partial charge < -0.3 is 4.90 Å². The second kappa shape index (κ2) is 5.97. The van der Waals surface area contributed by atoms with Crippen LogP contribution in [0.4, 0.5) is 11.4 Å². The molecule has 0 radical (unpaired) electrons. The molecule has 102 valence electrons. The molecule has 0 heterocycles. The lowest BCUT2D eigenvalue weighted by atomic mass is 10.1. The fourth-order valence-corrected chi connectivity index (χ4v) is 1.92. The summed E-state index contributed by atoms with van der Waals surface area (Å²) in [6.07, 6.45) is 0.00253. The molecule has 0 aromatic heterocycles. The highest BCUT2D eigenvalue weighted by atomic mass is 16.6. The molecule has 0 spiro atoms. The molecule has 2 aromatic carbocycles. The van der Waals surface area contributed by atoms with Gasteiger partial charge in [0.15, 0.2) is 0 Å². The highest BCUT2D eigenvalue weighted by Gasteiger charge is 2.18. The number of amides is 1. The average molecular weight is 270 g/mol. The minimum atomic E-state index is -0.467. The molecule has 0 bridgehead atoms. The van der Waals surface area contributed by atoms with Crippen molar-refractivity contribution >= 4 is 17.3 Å². The van der Waals surface area contributed by atoms with Crippen LogP contribution >= 0.6 is 0 Å². The van der Waals surface area contributed by atoms with E-state index >= 15 is 0 Å². The Hall–Kier alpha value is -2.69. The first-order chi connectivity index (χ1) is 9.59. The average Bonchev–Trinajstić information content (AvgIpc) is 2.47. The number of rotatable bonds is 4. The summed E-state index contributed by atoms with van der Waals surface area (Å²) in [5.74, 6) is -0.189. The third kappa shape index (κ3) is 3.00. The number of nitro groups is 1. The van der Waals surface area contributed by atoms with Crippen LogP contribution in [0.5, 0.6) is 0 Å². The van der Waals surface area contributed by atoms with Gasteiger partial charge in [0.25, 0.3) is 5.69 Å². The molecular weight excluding hydrogens is 256 g/mol. The molecule has 0 fully saturated rings. The van der Waals surface area contributed by atoms with E-state index in [9.17, 15) is 14.9 Å². The predicted octanol–water partition coefficient (Wildman–Crippen LogP) is 2.80. The van der Waals surface area contributed by atoms with Crippen LogP contribution in [0.25, 0.3) is 0 Å². The molecule has 0 atom stereocenters. The number of hydrogen-bond donors (Lipinski definition) is 0. The Balaban J connectivity index is 2.18. The monoisotopic (exact) mass is 270 g/mol. The van der Waals surface area contributed by atoms with Crippen LogP contribution in [0.3, 0.4) is 0 Å². The fourth-order valence-electron chi connectivity index (χ4n) is 1.92. The van der Waals surface area contributed by atoms with Crippen LogP contribution < -0.4 is 4.90 Å². The van der Waals surface area contributed by atoms with Crippen molar-refractivity contribution in [3.05, 3.63) is 70.3 Å². The van der Waals surface area contributed by atoms with E-state index in [0.29, 0.717) is 5.56 Å². The Kier molecular flexibility index (Phi) is 4.10. The fraction of sp³-hybridized carbons (Fsp3) is 0.133. The van der Waals surface area contributed by atoms with Gasteiger partial charge in [0, 0.05) is 24.4 Å². The van der Waals surface area contributed by atoms with Crippen molar-refractivity contribution in [3.63, 3.8) is 0 Å². The van der Waals surface area contributed by atoms with Crippen molar-refractivity contribution in [2.45, 2.75) is 6.42 Å². The molecule has 5 heteroatoms. The lowest BCUT2D eigenvalue weighted by Crippen LogP contribution is -2.27. The zero-order valence-electron chi connectivity index (χ0n) is 11.0. The van der Waals surface area contributed by atoms with Crippen LogP contribution in [-0.4, -0.2) is 17.9 Å². The van der Waals surface area contributed by atoms with Crippen LogP contribution in [0.1, 0.15) is 5.56 Å². The van der Waals surface area contributed by atoms with E-state index in [-0.39, 0.29) is 18.0 Å². The first-order valence-corrected chi connectivity index (χ1v) is 6.13. The lowest BCUT2D eigenvalue weighted by Gasteiger charge is -2.17. The van der Waals surface area contributed by atoms with Gasteiger partial charge in [-0.05, 0) is 12.1 Å². The van der Waals surface area contributed by atoms with Crippen molar-refractivity contribution in [3.8, 4) is 0 Å². The van der Waals surface area contributed by atoms with E-state index in [2.05, 4.69) is 0 Å². The lowest BCUT2D eigenvalue weighted by molar-refractivity contribution is -0.385. The maximum absolute atomic E-state index is 12.2. The van der Waals surface area contributed by atoms with Crippen LogP contribution in [0.2, 0.25) is 0 Å². The summed E-state index contributed by atoms with van der Waals surface area (Å²) >= 11 is 0.